The molecule has 0 aromatic heterocycles. The second kappa shape index (κ2) is 10.6. The van der Waals surface area contributed by atoms with Crippen molar-refractivity contribution in [3.63, 3.8) is 0 Å². The first-order chi connectivity index (χ1) is 16.1. The molecule has 5 nitrogen and oxygen atoms in total. The number of carbonyl (C=O) groups is 1. The monoisotopic (exact) mass is 466 g/mol. The maximum Gasteiger partial charge on any atom is 0.225 e. The summed E-state index contributed by atoms with van der Waals surface area (Å²) in [4.78, 5) is 12.6. The summed E-state index contributed by atoms with van der Waals surface area (Å²) >= 11 is 0. The van der Waals surface area contributed by atoms with Crippen molar-refractivity contribution in [2.24, 2.45) is 5.41 Å². The Kier molecular flexibility index (Phi) is 7.79. The van der Waals surface area contributed by atoms with Crippen molar-refractivity contribution in [1.82, 2.24) is 5.32 Å². The van der Waals surface area contributed by atoms with Crippen LogP contribution in [-0.2, 0) is 4.79 Å². The quantitative estimate of drug-likeness (QED) is 0.317. The summed E-state index contributed by atoms with van der Waals surface area (Å²) in [6.07, 6.45) is 0.553. The van der Waals surface area contributed by atoms with Gasteiger partial charge in [0.05, 0.1) is 11.6 Å². The molecule has 0 aliphatic heterocycles. The third kappa shape index (κ3) is 6.48. The van der Waals surface area contributed by atoms with Crippen LogP contribution in [0, 0.1) is 22.5 Å². The van der Waals surface area contributed by atoms with E-state index >= 15 is 0 Å². The third-order valence-corrected chi connectivity index (χ3v) is 5.34. The highest BCUT2D eigenvalue weighted by Crippen LogP contribution is 2.28. The first kappa shape index (κ1) is 25.1. The lowest BCUT2D eigenvalue weighted by Gasteiger charge is -2.29. The Hall–Kier alpha value is -3.58. The summed E-state index contributed by atoms with van der Waals surface area (Å²) in [7, 11) is 0. The van der Waals surface area contributed by atoms with Gasteiger partial charge in [0.1, 0.15) is 34.9 Å². The van der Waals surface area contributed by atoms with E-state index in [-0.39, 0.29) is 11.7 Å². The van der Waals surface area contributed by atoms with Gasteiger partial charge in [0.15, 0.2) is 0 Å². The molecular formula is C27H30F2N3O2+. The molecular weight excluding hydrogens is 436 g/mol. The van der Waals surface area contributed by atoms with Crippen LogP contribution >= 0.6 is 0 Å². The van der Waals surface area contributed by atoms with Gasteiger partial charge in [-0.25, -0.2) is 8.78 Å². The number of hydrogen-bond donors (Lipinski definition) is 3. The molecule has 3 aromatic carbocycles. The third-order valence-electron chi connectivity index (χ3n) is 5.34. The van der Waals surface area contributed by atoms with Gasteiger partial charge in [-0.05, 0) is 48.9 Å². The van der Waals surface area contributed by atoms with Crippen LogP contribution in [0.2, 0.25) is 0 Å². The van der Waals surface area contributed by atoms with Crippen LogP contribution in [-0.4, -0.2) is 18.2 Å². The zero-order chi connectivity index (χ0) is 24.9. The number of quaternary nitrogens is 1. The number of nitrogens with two attached hydrogens (primary N) is 1. The normalized spacial score (nSPS) is 13.1. The first-order valence-corrected chi connectivity index (χ1v) is 11.0. The van der Waals surface area contributed by atoms with Gasteiger partial charge in [0.25, 0.3) is 0 Å². The van der Waals surface area contributed by atoms with Gasteiger partial charge in [-0.3, -0.25) is 10.1 Å². The highest BCUT2D eigenvalue weighted by atomic mass is 19.1. The van der Waals surface area contributed by atoms with E-state index in [0.29, 0.717) is 16.9 Å². The Labute approximate surface area is 198 Å². The molecule has 34 heavy (non-hydrogen) atoms. The van der Waals surface area contributed by atoms with Crippen LogP contribution in [0.5, 0.6) is 5.75 Å². The molecule has 4 N–H and O–H groups in total. The second-order valence-electron chi connectivity index (χ2n) is 9.24. The average Bonchev–Trinajstić information content (AvgIpc) is 2.79. The van der Waals surface area contributed by atoms with Crippen LogP contribution in [0.15, 0.2) is 66.7 Å². The maximum atomic E-state index is 14.0. The minimum absolute atomic E-state index is 0.144. The van der Waals surface area contributed by atoms with E-state index in [1.54, 1.807) is 42.5 Å². The van der Waals surface area contributed by atoms with Crippen LogP contribution in [0.4, 0.5) is 20.2 Å². The molecule has 7 heteroatoms. The fourth-order valence-electron chi connectivity index (χ4n) is 3.41. The molecule has 2 atom stereocenters. The lowest BCUT2D eigenvalue weighted by Crippen LogP contribution is -2.71. The number of rotatable bonds is 8. The van der Waals surface area contributed by atoms with Crippen molar-refractivity contribution in [1.29, 1.82) is 5.41 Å². The van der Waals surface area contributed by atoms with Crippen molar-refractivity contribution in [2.75, 3.05) is 0 Å². The Balaban J connectivity index is 1.88. The standard InChI is InChI=1S/C27H29F2N3O2/c1-17(31-26(33)27(2,3)4)25(18-6-5-7-21(29)14-18)34-23-12-13-24(19(15-23)16-30)32-22-10-8-20(28)9-11-22/h5-17,25,30,32H,1-4H3,(H,31,33)/p+1/t17?,25-/m0/s1. The molecule has 178 valence electrons. The first-order valence-electron chi connectivity index (χ1n) is 11.0. The summed E-state index contributed by atoms with van der Waals surface area (Å²) in [6, 6.07) is 17.0. The molecule has 0 saturated heterocycles. The Morgan fingerprint density at radius 3 is 2.35 bits per heavy atom. The molecule has 3 aromatic rings. The molecule has 0 aliphatic carbocycles. The molecule has 0 spiro atoms. The smallest absolute Gasteiger partial charge is 0.225 e. The fraction of sp³-hybridized carbons (Fsp3) is 0.259. The van der Waals surface area contributed by atoms with Crippen molar-refractivity contribution in [3.05, 3.63) is 89.5 Å². The van der Waals surface area contributed by atoms with Crippen LogP contribution < -0.4 is 15.4 Å². The SMILES string of the molecule is CC(NC(=O)C(C)(C)C)[C@H](Oc1ccc([NH2+]c2ccc(F)cc2)c(C=N)c1)c1cccc(F)c1. The maximum absolute atomic E-state index is 14.0. The van der Waals surface area contributed by atoms with Gasteiger partial charge >= 0.3 is 0 Å². The molecule has 0 bridgehead atoms. The van der Waals surface area contributed by atoms with Gasteiger partial charge in [0, 0.05) is 29.8 Å². The summed E-state index contributed by atoms with van der Waals surface area (Å²) in [5, 5.41) is 12.6. The molecule has 3 rings (SSSR count). The Bertz CT molecular complexity index is 1160. The highest BCUT2D eigenvalue weighted by molar-refractivity contribution is 5.84. The van der Waals surface area contributed by atoms with Crippen LogP contribution in [0.1, 0.15) is 44.9 Å². The minimum atomic E-state index is -0.660. The molecule has 0 fully saturated rings. The van der Waals surface area contributed by atoms with E-state index in [2.05, 4.69) is 5.32 Å². The molecule has 0 radical (unpaired) electrons. The van der Waals surface area contributed by atoms with Crippen molar-refractivity contribution < 1.29 is 23.6 Å². The van der Waals surface area contributed by atoms with Gasteiger partial charge < -0.3 is 15.5 Å². The van der Waals surface area contributed by atoms with Crippen molar-refractivity contribution in [3.8, 4) is 5.75 Å². The largest absolute Gasteiger partial charge is 0.484 e. The van der Waals surface area contributed by atoms with E-state index in [0.717, 1.165) is 11.4 Å². The van der Waals surface area contributed by atoms with Gasteiger partial charge in [-0.1, -0.05) is 32.9 Å². The number of ether oxygens (including phenoxy) is 1. The molecule has 0 heterocycles. The molecule has 0 aliphatic rings. The van der Waals surface area contributed by atoms with Gasteiger partial charge in [-0.15, -0.1) is 0 Å². The van der Waals surface area contributed by atoms with Crippen LogP contribution in [0.3, 0.4) is 0 Å². The molecule has 1 unspecified atom stereocenters. The number of nitrogens with one attached hydrogen (secondary N) is 2. The van der Waals surface area contributed by atoms with E-state index < -0.39 is 23.4 Å². The highest BCUT2D eigenvalue weighted by Gasteiger charge is 2.28. The zero-order valence-electron chi connectivity index (χ0n) is 19.7. The minimum Gasteiger partial charge on any atom is -0.484 e. The van der Waals surface area contributed by atoms with Crippen LogP contribution in [0.25, 0.3) is 0 Å². The van der Waals surface area contributed by atoms with E-state index in [1.165, 1.54) is 30.5 Å². The molecule has 1 amide bonds. The topological polar surface area (TPSA) is 78.8 Å². The fourth-order valence-corrected chi connectivity index (χ4v) is 3.41. The number of amides is 1. The van der Waals surface area contributed by atoms with E-state index in [4.69, 9.17) is 10.1 Å². The van der Waals surface area contributed by atoms with Crippen molar-refractivity contribution >= 4 is 23.5 Å². The number of halogens is 2. The second-order valence-corrected chi connectivity index (χ2v) is 9.24. The van der Waals surface area contributed by atoms with Crippen molar-refractivity contribution in [2.45, 2.75) is 39.8 Å². The summed E-state index contributed by atoms with van der Waals surface area (Å²) in [5.74, 6) is -0.385. The number of benzene rings is 3. The predicted molar refractivity (Wildman–Crippen MR) is 129 cm³/mol. The van der Waals surface area contributed by atoms with E-state index in [1.807, 2.05) is 33.0 Å². The summed E-state index contributed by atoms with van der Waals surface area (Å²) in [5.41, 5.74) is 2.16. The predicted octanol–water partition coefficient (Wildman–Crippen LogP) is 5.16. The lowest BCUT2D eigenvalue weighted by molar-refractivity contribution is -0.478. The molecule has 0 saturated carbocycles. The number of hydrogen-bond acceptors (Lipinski definition) is 3. The Morgan fingerprint density at radius 2 is 1.74 bits per heavy atom. The zero-order valence-corrected chi connectivity index (χ0v) is 19.7. The Morgan fingerprint density at radius 1 is 1.03 bits per heavy atom. The van der Waals surface area contributed by atoms with Gasteiger partial charge in [-0.2, -0.15) is 0 Å². The lowest BCUT2D eigenvalue weighted by atomic mass is 9.94. The number of carbonyl (C=O) groups excluding carboxylic acids is 1. The average molecular weight is 467 g/mol. The summed E-state index contributed by atoms with van der Waals surface area (Å²) < 4.78 is 33.4. The summed E-state index contributed by atoms with van der Waals surface area (Å²) in [6.45, 7) is 7.27. The van der Waals surface area contributed by atoms with E-state index in [9.17, 15) is 13.6 Å². The van der Waals surface area contributed by atoms with Gasteiger partial charge in [0.2, 0.25) is 5.91 Å².